The molecule has 0 saturated heterocycles. The summed E-state index contributed by atoms with van der Waals surface area (Å²) in [4.78, 5) is 12.9. The Morgan fingerprint density at radius 2 is 2.00 bits per heavy atom. The predicted octanol–water partition coefficient (Wildman–Crippen LogP) is 2.71. The molecule has 0 atom stereocenters. The van der Waals surface area contributed by atoms with E-state index in [1.54, 1.807) is 0 Å². The van der Waals surface area contributed by atoms with Crippen molar-refractivity contribution in [2.45, 2.75) is 4.90 Å². The molecular formula is C13H8ClFN2O4S. The number of halogens is 2. The molecule has 9 heteroatoms. The number of oxazole rings is 1. The van der Waals surface area contributed by atoms with Gasteiger partial charge in [-0.2, -0.15) is 0 Å². The highest BCUT2D eigenvalue weighted by molar-refractivity contribution is 7.92. The van der Waals surface area contributed by atoms with Gasteiger partial charge in [0.25, 0.3) is 10.0 Å². The Morgan fingerprint density at radius 1 is 1.23 bits per heavy atom. The third-order valence-electron chi connectivity index (χ3n) is 2.88. The summed E-state index contributed by atoms with van der Waals surface area (Å²) in [5.74, 6) is -1.69. The number of fused-ring (bicyclic) bond motifs is 1. The highest BCUT2D eigenvalue weighted by Gasteiger charge is 2.21. The Kier molecular flexibility index (Phi) is 3.42. The van der Waals surface area contributed by atoms with Crippen molar-refractivity contribution in [3.05, 3.63) is 57.8 Å². The fraction of sp³-hybridized carbons (Fsp3) is 0. The average Bonchev–Trinajstić information content (AvgIpc) is 2.80. The SMILES string of the molecule is O=c1[nH]c2cc(NS(=O)(=O)c3cccc(Cl)c3F)ccc2o1. The fourth-order valence-corrected chi connectivity index (χ4v) is 3.30. The van der Waals surface area contributed by atoms with Crippen LogP contribution >= 0.6 is 11.6 Å². The smallest absolute Gasteiger partial charge is 0.408 e. The minimum Gasteiger partial charge on any atom is -0.408 e. The number of nitrogens with one attached hydrogen (secondary N) is 2. The molecule has 1 aromatic heterocycles. The van der Waals surface area contributed by atoms with Gasteiger partial charge in [-0.15, -0.1) is 0 Å². The molecule has 22 heavy (non-hydrogen) atoms. The number of rotatable bonds is 3. The maximum Gasteiger partial charge on any atom is 0.417 e. The molecule has 0 aliphatic rings. The standard InChI is InChI=1S/C13H8ClFN2O4S/c14-8-2-1-3-11(12(8)15)22(19,20)17-7-4-5-10-9(6-7)16-13(18)21-10/h1-6,17H,(H,16,18). The molecular weight excluding hydrogens is 335 g/mol. The number of aromatic amines is 1. The molecule has 0 radical (unpaired) electrons. The molecule has 2 N–H and O–H groups in total. The maximum absolute atomic E-state index is 13.8. The Hall–Kier alpha value is -2.32. The van der Waals surface area contributed by atoms with E-state index in [9.17, 15) is 17.6 Å². The summed E-state index contributed by atoms with van der Waals surface area (Å²) < 4.78 is 45.3. The zero-order valence-electron chi connectivity index (χ0n) is 10.8. The Balaban J connectivity index is 2.02. The van der Waals surface area contributed by atoms with Gasteiger partial charge in [0.1, 0.15) is 4.90 Å². The van der Waals surface area contributed by atoms with E-state index < -0.39 is 26.5 Å². The third-order valence-corrected chi connectivity index (χ3v) is 4.57. The van der Waals surface area contributed by atoms with Crippen LogP contribution in [0.25, 0.3) is 11.1 Å². The molecule has 0 aliphatic heterocycles. The molecule has 0 amide bonds. The molecule has 0 bridgehead atoms. The van der Waals surface area contributed by atoms with Crippen LogP contribution in [0.2, 0.25) is 5.02 Å². The van der Waals surface area contributed by atoms with E-state index in [0.717, 1.165) is 6.07 Å². The first kappa shape index (κ1) is 14.6. The summed E-state index contributed by atoms with van der Waals surface area (Å²) in [5.41, 5.74) is 0.738. The molecule has 0 spiro atoms. The van der Waals surface area contributed by atoms with Crippen LogP contribution in [0, 0.1) is 5.82 Å². The fourth-order valence-electron chi connectivity index (χ4n) is 1.92. The molecule has 0 aliphatic carbocycles. The lowest BCUT2D eigenvalue weighted by atomic mass is 10.3. The summed E-state index contributed by atoms with van der Waals surface area (Å²) in [6, 6.07) is 7.84. The van der Waals surface area contributed by atoms with Gasteiger partial charge in [-0.1, -0.05) is 17.7 Å². The summed E-state index contributed by atoms with van der Waals surface area (Å²) >= 11 is 5.58. The average molecular weight is 343 g/mol. The number of anilines is 1. The molecule has 6 nitrogen and oxygen atoms in total. The molecule has 0 saturated carbocycles. The van der Waals surface area contributed by atoms with Gasteiger partial charge in [-0.25, -0.2) is 17.6 Å². The first-order valence-electron chi connectivity index (χ1n) is 5.96. The summed E-state index contributed by atoms with van der Waals surface area (Å²) in [6.07, 6.45) is 0. The van der Waals surface area contributed by atoms with Gasteiger partial charge in [0.05, 0.1) is 16.2 Å². The third kappa shape index (κ3) is 2.58. The molecule has 0 fully saturated rings. The van der Waals surface area contributed by atoms with Crippen LogP contribution in [0.4, 0.5) is 10.1 Å². The normalized spacial score (nSPS) is 11.7. The molecule has 3 rings (SSSR count). The van der Waals surface area contributed by atoms with E-state index >= 15 is 0 Å². The van der Waals surface area contributed by atoms with Crippen molar-refractivity contribution in [1.82, 2.24) is 4.98 Å². The van der Waals surface area contributed by atoms with Gasteiger partial charge in [0.15, 0.2) is 11.4 Å². The van der Waals surface area contributed by atoms with Crippen molar-refractivity contribution >= 4 is 38.4 Å². The van der Waals surface area contributed by atoms with Crippen molar-refractivity contribution in [3.63, 3.8) is 0 Å². The van der Waals surface area contributed by atoms with E-state index in [2.05, 4.69) is 9.71 Å². The van der Waals surface area contributed by atoms with E-state index in [0.29, 0.717) is 5.52 Å². The quantitative estimate of drug-likeness (QED) is 0.765. The molecule has 1 heterocycles. The van der Waals surface area contributed by atoms with Crippen LogP contribution in [-0.4, -0.2) is 13.4 Å². The number of hydrogen-bond donors (Lipinski definition) is 2. The van der Waals surface area contributed by atoms with Crippen molar-refractivity contribution < 1.29 is 17.2 Å². The first-order chi connectivity index (χ1) is 10.4. The lowest BCUT2D eigenvalue weighted by Crippen LogP contribution is -2.14. The minimum absolute atomic E-state index is 0.143. The van der Waals surface area contributed by atoms with Crippen molar-refractivity contribution in [2.75, 3.05) is 4.72 Å². The zero-order valence-corrected chi connectivity index (χ0v) is 12.3. The van der Waals surface area contributed by atoms with Crippen LogP contribution < -0.4 is 10.5 Å². The molecule has 0 unspecified atom stereocenters. The second-order valence-corrected chi connectivity index (χ2v) is 6.44. The number of hydrogen-bond acceptors (Lipinski definition) is 4. The van der Waals surface area contributed by atoms with Crippen LogP contribution in [0.1, 0.15) is 0 Å². The Bertz CT molecular complexity index is 1030. The highest BCUT2D eigenvalue weighted by Crippen LogP contribution is 2.25. The van der Waals surface area contributed by atoms with Gasteiger partial charge >= 0.3 is 5.76 Å². The van der Waals surface area contributed by atoms with Gasteiger partial charge in [0, 0.05) is 0 Å². The van der Waals surface area contributed by atoms with Crippen LogP contribution in [0.3, 0.4) is 0 Å². The first-order valence-corrected chi connectivity index (χ1v) is 7.83. The Labute approximate surface area is 128 Å². The van der Waals surface area contributed by atoms with Gasteiger partial charge in [0.2, 0.25) is 0 Å². The zero-order chi connectivity index (χ0) is 15.9. The minimum atomic E-state index is -4.16. The lowest BCUT2D eigenvalue weighted by molar-refractivity contribution is 0.555. The molecule has 3 aromatic rings. The predicted molar refractivity (Wildman–Crippen MR) is 79.1 cm³/mol. The number of sulfonamides is 1. The molecule has 2 aromatic carbocycles. The van der Waals surface area contributed by atoms with E-state index in [4.69, 9.17) is 16.0 Å². The molecule has 114 valence electrons. The van der Waals surface area contributed by atoms with Crippen LogP contribution in [0.5, 0.6) is 0 Å². The topological polar surface area (TPSA) is 92.2 Å². The lowest BCUT2D eigenvalue weighted by Gasteiger charge is -2.09. The van der Waals surface area contributed by atoms with Gasteiger partial charge < -0.3 is 4.42 Å². The second kappa shape index (κ2) is 5.15. The van der Waals surface area contributed by atoms with E-state index in [1.807, 2.05) is 0 Å². The van der Waals surface area contributed by atoms with E-state index in [-0.39, 0.29) is 16.3 Å². The van der Waals surface area contributed by atoms with Gasteiger partial charge in [-0.05, 0) is 30.3 Å². The van der Waals surface area contributed by atoms with E-state index in [1.165, 1.54) is 30.3 Å². The summed E-state index contributed by atoms with van der Waals surface area (Å²) in [6.45, 7) is 0. The summed E-state index contributed by atoms with van der Waals surface area (Å²) in [7, 11) is -4.16. The van der Waals surface area contributed by atoms with Gasteiger partial charge in [-0.3, -0.25) is 9.71 Å². The van der Waals surface area contributed by atoms with Crippen LogP contribution in [0.15, 0.2) is 50.5 Å². The number of benzene rings is 2. The number of H-pyrrole nitrogens is 1. The largest absolute Gasteiger partial charge is 0.417 e. The van der Waals surface area contributed by atoms with Crippen molar-refractivity contribution in [1.29, 1.82) is 0 Å². The van der Waals surface area contributed by atoms with Crippen LogP contribution in [-0.2, 0) is 10.0 Å². The highest BCUT2D eigenvalue weighted by atomic mass is 35.5. The monoisotopic (exact) mass is 342 g/mol. The summed E-state index contributed by atoms with van der Waals surface area (Å²) in [5, 5.41) is -0.294. The number of aromatic nitrogens is 1. The van der Waals surface area contributed by atoms with Crippen molar-refractivity contribution in [3.8, 4) is 0 Å². The Morgan fingerprint density at radius 3 is 2.77 bits per heavy atom. The van der Waals surface area contributed by atoms with Crippen molar-refractivity contribution in [2.24, 2.45) is 0 Å². The maximum atomic E-state index is 13.8. The second-order valence-electron chi connectivity index (χ2n) is 4.38.